The van der Waals surface area contributed by atoms with Gasteiger partial charge in [-0.3, -0.25) is 4.68 Å². The van der Waals surface area contributed by atoms with Crippen molar-refractivity contribution in [1.29, 1.82) is 0 Å². The van der Waals surface area contributed by atoms with Crippen LogP contribution >= 0.6 is 0 Å². The molecule has 2 N–H and O–H groups in total. The van der Waals surface area contributed by atoms with Gasteiger partial charge in [0.25, 0.3) is 0 Å². The first-order valence-corrected chi connectivity index (χ1v) is 8.75. The Balaban J connectivity index is 1.77. The van der Waals surface area contributed by atoms with Gasteiger partial charge in [0.1, 0.15) is 0 Å². The van der Waals surface area contributed by atoms with Gasteiger partial charge in [-0.25, -0.2) is 0 Å². The molecule has 2 aromatic carbocycles. The van der Waals surface area contributed by atoms with Crippen LogP contribution in [0.4, 0.5) is 0 Å². The molecule has 0 bridgehead atoms. The summed E-state index contributed by atoms with van der Waals surface area (Å²) in [6.07, 6.45) is 3.76. The molecular formula is C21H25N3O. The molecule has 0 radical (unpaired) electrons. The molecule has 1 unspecified atom stereocenters. The highest BCUT2D eigenvalue weighted by Gasteiger charge is 2.14. The Kier molecular flexibility index (Phi) is 5.99. The second kappa shape index (κ2) is 8.60. The monoisotopic (exact) mass is 335 g/mol. The molecule has 0 aliphatic heterocycles. The molecule has 0 saturated heterocycles. The summed E-state index contributed by atoms with van der Waals surface area (Å²) in [6.45, 7) is 0.955. The minimum atomic E-state index is 0.215. The van der Waals surface area contributed by atoms with E-state index in [4.69, 9.17) is 0 Å². The maximum absolute atomic E-state index is 9.20. The van der Waals surface area contributed by atoms with Crippen LogP contribution in [0.1, 0.15) is 30.0 Å². The molecule has 0 spiro atoms. The molecule has 130 valence electrons. The summed E-state index contributed by atoms with van der Waals surface area (Å²) in [5.74, 6) is 0. The zero-order valence-corrected chi connectivity index (χ0v) is 14.6. The molecule has 25 heavy (non-hydrogen) atoms. The highest BCUT2D eigenvalue weighted by molar-refractivity contribution is 5.62. The number of benzene rings is 2. The summed E-state index contributed by atoms with van der Waals surface area (Å²) in [5, 5.41) is 17.5. The highest BCUT2D eigenvalue weighted by Crippen LogP contribution is 2.24. The van der Waals surface area contributed by atoms with Crippen LogP contribution in [0.3, 0.4) is 0 Å². The van der Waals surface area contributed by atoms with Crippen molar-refractivity contribution >= 4 is 0 Å². The summed E-state index contributed by atoms with van der Waals surface area (Å²) in [6, 6.07) is 20.9. The molecule has 1 heterocycles. The van der Waals surface area contributed by atoms with Gasteiger partial charge in [-0.2, -0.15) is 5.10 Å². The minimum absolute atomic E-state index is 0.215. The maximum Gasteiger partial charge on any atom is 0.0967 e. The number of nitrogens with zero attached hydrogens (tertiary/aromatic N) is 2. The number of aromatic nitrogens is 2. The van der Waals surface area contributed by atoms with Crippen molar-refractivity contribution in [3.63, 3.8) is 0 Å². The predicted octanol–water partition coefficient (Wildman–Crippen LogP) is 3.69. The maximum atomic E-state index is 9.20. The summed E-state index contributed by atoms with van der Waals surface area (Å²) in [4.78, 5) is 0. The van der Waals surface area contributed by atoms with Gasteiger partial charge in [0.15, 0.2) is 0 Å². The van der Waals surface area contributed by atoms with Gasteiger partial charge in [0, 0.05) is 43.6 Å². The lowest BCUT2D eigenvalue weighted by Crippen LogP contribution is -2.21. The summed E-state index contributed by atoms with van der Waals surface area (Å²) >= 11 is 0. The van der Waals surface area contributed by atoms with Crippen LogP contribution in [0.15, 0.2) is 66.9 Å². The smallest absolute Gasteiger partial charge is 0.0967 e. The highest BCUT2D eigenvalue weighted by atomic mass is 16.2. The van der Waals surface area contributed by atoms with E-state index in [1.165, 1.54) is 11.1 Å². The average molecular weight is 335 g/mol. The van der Waals surface area contributed by atoms with Gasteiger partial charge in [-0.05, 0) is 18.4 Å². The number of aliphatic hydroxyl groups is 1. The Labute approximate surface area is 149 Å². The van der Waals surface area contributed by atoms with Gasteiger partial charge in [-0.15, -0.1) is 0 Å². The fourth-order valence-electron chi connectivity index (χ4n) is 3.11. The van der Waals surface area contributed by atoms with Crippen LogP contribution in [0.25, 0.3) is 11.3 Å². The number of rotatable bonds is 8. The van der Waals surface area contributed by atoms with E-state index >= 15 is 0 Å². The first-order valence-electron chi connectivity index (χ1n) is 8.75. The number of aliphatic hydroxyl groups excluding tert-OH is 1. The van der Waals surface area contributed by atoms with Crippen molar-refractivity contribution in [2.24, 2.45) is 7.05 Å². The van der Waals surface area contributed by atoms with Gasteiger partial charge >= 0.3 is 0 Å². The molecular weight excluding hydrogens is 310 g/mol. The standard InChI is InChI=1S/C21H25N3O/c1-24-16-19(21(23-24)18-11-6-3-7-12-18)15-22-20(13-8-14-25)17-9-4-2-5-10-17/h2-7,9-12,16,20,22,25H,8,13-15H2,1H3. The Morgan fingerprint density at radius 3 is 2.40 bits per heavy atom. The third kappa shape index (κ3) is 4.56. The van der Waals surface area contributed by atoms with Gasteiger partial charge in [-0.1, -0.05) is 60.7 Å². The molecule has 1 aromatic heterocycles. The fourth-order valence-corrected chi connectivity index (χ4v) is 3.11. The van der Waals surface area contributed by atoms with Crippen LogP contribution in [0.2, 0.25) is 0 Å². The van der Waals surface area contributed by atoms with Crippen molar-refractivity contribution in [1.82, 2.24) is 15.1 Å². The van der Waals surface area contributed by atoms with E-state index in [0.717, 1.165) is 30.6 Å². The second-order valence-electron chi connectivity index (χ2n) is 6.25. The first-order chi connectivity index (χ1) is 12.3. The summed E-state index contributed by atoms with van der Waals surface area (Å²) < 4.78 is 1.87. The Morgan fingerprint density at radius 1 is 1.04 bits per heavy atom. The number of nitrogens with one attached hydrogen (secondary N) is 1. The van der Waals surface area contributed by atoms with Crippen LogP contribution < -0.4 is 5.32 Å². The topological polar surface area (TPSA) is 50.1 Å². The van der Waals surface area contributed by atoms with E-state index in [9.17, 15) is 5.11 Å². The zero-order valence-electron chi connectivity index (χ0n) is 14.6. The number of hydrogen-bond acceptors (Lipinski definition) is 3. The minimum Gasteiger partial charge on any atom is -0.396 e. The quantitative estimate of drug-likeness (QED) is 0.660. The normalized spacial score (nSPS) is 12.2. The SMILES string of the molecule is Cn1cc(CNC(CCCO)c2ccccc2)c(-c2ccccc2)n1. The van der Waals surface area contributed by atoms with Gasteiger partial charge < -0.3 is 10.4 Å². The molecule has 3 rings (SSSR count). The van der Waals surface area contributed by atoms with Gasteiger partial charge in [0.2, 0.25) is 0 Å². The zero-order chi connectivity index (χ0) is 17.5. The third-order valence-corrected chi connectivity index (χ3v) is 4.34. The van der Waals surface area contributed by atoms with Crippen molar-refractivity contribution in [2.45, 2.75) is 25.4 Å². The molecule has 0 amide bonds. The van der Waals surface area contributed by atoms with Crippen LogP contribution in [-0.4, -0.2) is 21.5 Å². The van der Waals surface area contributed by atoms with Crippen molar-refractivity contribution in [3.05, 3.63) is 78.0 Å². The van der Waals surface area contributed by atoms with E-state index in [0.29, 0.717) is 0 Å². The second-order valence-corrected chi connectivity index (χ2v) is 6.25. The van der Waals surface area contributed by atoms with Crippen LogP contribution in [-0.2, 0) is 13.6 Å². The predicted molar refractivity (Wildman–Crippen MR) is 101 cm³/mol. The van der Waals surface area contributed by atoms with Crippen LogP contribution in [0.5, 0.6) is 0 Å². The molecule has 4 nitrogen and oxygen atoms in total. The summed E-state index contributed by atoms with van der Waals surface area (Å²) in [5.41, 5.74) is 4.58. The Morgan fingerprint density at radius 2 is 1.72 bits per heavy atom. The summed E-state index contributed by atoms with van der Waals surface area (Å²) in [7, 11) is 1.95. The first kappa shape index (κ1) is 17.4. The molecule has 0 aliphatic carbocycles. The molecule has 4 heteroatoms. The van der Waals surface area contributed by atoms with E-state index in [-0.39, 0.29) is 12.6 Å². The molecule has 0 saturated carbocycles. The fraction of sp³-hybridized carbons (Fsp3) is 0.286. The third-order valence-electron chi connectivity index (χ3n) is 4.34. The van der Waals surface area contributed by atoms with E-state index in [2.05, 4.69) is 53.0 Å². The molecule has 0 aliphatic rings. The van der Waals surface area contributed by atoms with Crippen molar-refractivity contribution < 1.29 is 5.11 Å². The Hall–Kier alpha value is -2.43. The molecule has 1 atom stereocenters. The lowest BCUT2D eigenvalue weighted by atomic mass is 10.0. The lowest BCUT2D eigenvalue weighted by molar-refractivity contribution is 0.275. The van der Waals surface area contributed by atoms with E-state index in [1.54, 1.807) is 0 Å². The average Bonchev–Trinajstić information content (AvgIpc) is 3.04. The van der Waals surface area contributed by atoms with Gasteiger partial charge in [0.05, 0.1) is 5.69 Å². The molecule has 0 fully saturated rings. The number of aryl methyl sites for hydroxylation is 1. The largest absolute Gasteiger partial charge is 0.396 e. The van der Waals surface area contributed by atoms with E-state index in [1.807, 2.05) is 36.0 Å². The van der Waals surface area contributed by atoms with Crippen molar-refractivity contribution in [2.75, 3.05) is 6.61 Å². The molecule has 3 aromatic rings. The van der Waals surface area contributed by atoms with Crippen LogP contribution in [0, 0.1) is 0 Å². The lowest BCUT2D eigenvalue weighted by Gasteiger charge is -2.19. The Bertz CT molecular complexity index is 768. The van der Waals surface area contributed by atoms with E-state index < -0.39 is 0 Å². The van der Waals surface area contributed by atoms with Crippen molar-refractivity contribution in [3.8, 4) is 11.3 Å². The number of hydrogen-bond donors (Lipinski definition) is 2.